The highest BCUT2D eigenvalue weighted by Gasteiger charge is 2.22. The SMILES string of the molecule is CCC(=O)Nc1c(C)c(F)c(N(C)C)c(F)c1C. The quantitative estimate of drug-likeness (QED) is 0.901. The maximum Gasteiger partial charge on any atom is 0.224 e. The monoisotopic (exact) mass is 256 g/mol. The summed E-state index contributed by atoms with van der Waals surface area (Å²) in [6.07, 6.45) is 0.261. The average Bonchev–Trinajstić information content (AvgIpc) is 2.31. The Kier molecular flexibility index (Phi) is 4.27. The third-order valence-electron chi connectivity index (χ3n) is 2.86. The molecule has 1 aromatic carbocycles. The second-order valence-electron chi connectivity index (χ2n) is 4.40. The van der Waals surface area contributed by atoms with Crippen LogP contribution < -0.4 is 10.2 Å². The molecule has 18 heavy (non-hydrogen) atoms. The van der Waals surface area contributed by atoms with Crippen LogP contribution in [0.15, 0.2) is 0 Å². The first-order valence-electron chi connectivity index (χ1n) is 5.76. The minimum atomic E-state index is -0.644. The van der Waals surface area contributed by atoms with Crippen molar-refractivity contribution in [3.63, 3.8) is 0 Å². The summed E-state index contributed by atoms with van der Waals surface area (Å²) >= 11 is 0. The molecule has 5 heteroatoms. The molecular formula is C13H18F2N2O. The fourth-order valence-corrected chi connectivity index (χ4v) is 1.76. The molecule has 0 radical (unpaired) electrons. The summed E-state index contributed by atoms with van der Waals surface area (Å²) in [4.78, 5) is 12.7. The summed E-state index contributed by atoms with van der Waals surface area (Å²) < 4.78 is 28.2. The molecule has 0 spiro atoms. The first-order chi connectivity index (χ1) is 8.31. The largest absolute Gasteiger partial charge is 0.373 e. The third kappa shape index (κ3) is 2.44. The number of nitrogens with zero attached hydrogens (tertiary/aromatic N) is 1. The Morgan fingerprint density at radius 1 is 1.17 bits per heavy atom. The summed E-state index contributed by atoms with van der Waals surface area (Å²) in [5.41, 5.74) is 0.640. The lowest BCUT2D eigenvalue weighted by Gasteiger charge is -2.21. The minimum Gasteiger partial charge on any atom is -0.373 e. The van der Waals surface area contributed by atoms with E-state index in [0.717, 1.165) is 0 Å². The van der Waals surface area contributed by atoms with Gasteiger partial charge in [-0.05, 0) is 13.8 Å². The van der Waals surface area contributed by atoms with Crippen LogP contribution in [0.1, 0.15) is 24.5 Å². The van der Waals surface area contributed by atoms with Crippen LogP contribution in [0.3, 0.4) is 0 Å². The van der Waals surface area contributed by atoms with E-state index < -0.39 is 11.6 Å². The molecule has 0 unspecified atom stereocenters. The van der Waals surface area contributed by atoms with Gasteiger partial charge in [0, 0.05) is 31.6 Å². The maximum absolute atomic E-state index is 14.1. The van der Waals surface area contributed by atoms with Gasteiger partial charge in [0.2, 0.25) is 5.91 Å². The molecule has 1 rings (SSSR count). The number of carbonyl (C=O) groups is 1. The first-order valence-corrected chi connectivity index (χ1v) is 5.76. The van der Waals surface area contributed by atoms with Crippen LogP contribution in [-0.4, -0.2) is 20.0 Å². The lowest BCUT2D eigenvalue weighted by molar-refractivity contribution is -0.115. The number of carbonyl (C=O) groups excluding carboxylic acids is 1. The molecule has 0 aliphatic heterocycles. The van der Waals surface area contributed by atoms with Crippen molar-refractivity contribution >= 4 is 17.3 Å². The summed E-state index contributed by atoms with van der Waals surface area (Å²) in [6, 6.07) is 0. The normalized spacial score (nSPS) is 10.4. The van der Waals surface area contributed by atoms with Crippen LogP contribution in [0.5, 0.6) is 0 Å². The van der Waals surface area contributed by atoms with Gasteiger partial charge in [0.15, 0.2) is 11.6 Å². The molecule has 1 amide bonds. The Bertz CT molecular complexity index is 455. The molecule has 3 nitrogen and oxygen atoms in total. The molecule has 0 heterocycles. The van der Waals surface area contributed by atoms with E-state index >= 15 is 0 Å². The summed E-state index contributed by atoms with van der Waals surface area (Å²) in [5, 5.41) is 2.54. The third-order valence-corrected chi connectivity index (χ3v) is 2.86. The summed E-state index contributed by atoms with van der Waals surface area (Å²) in [5.74, 6) is -1.55. The van der Waals surface area contributed by atoms with Crippen LogP contribution in [0.25, 0.3) is 0 Å². The zero-order valence-electron chi connectivity index (χ0n) is 11.3. The van der Waals surface area contributed by atoms with Crippen molar-refractivity contribution in [2.75, 3.05) is 24.3 Å². The topological polar surface area (TPSA) is 32.3 Å². The van der Waals surface area contributed by atoms with Gasteiger partial charge in [-0.3, -0.25) is 4.79 Å². The first kappa shape index (κ1) is 14.4. The lowest BCUT2D eigenvalue weighted by Crippen LogP contribution is -2.18. The van der Waals surface area contributed by atoms with E-state index in [4.69, 9.17) is 0 Å². The van der Waals surface area contributed by atoms with Crippen LogP contribution in [0.4, 0.5) is 20.2 Å². The smallest absolute Gasteiger partial charge is 0.224 e. The van der Waals surface area contributed by atoms with Crippen molar-refractivity contribution in [1.82, 2.24) is 0 Å². The van der Waals surface area contributed by atoms with E-state index in [-0.39, 0.29) is 34.8 Å². The van der Waals surface area contributed by atoms with Gasteiger partial charge in [0.05, 0.1) is 5.69 Å². The van der Waals surface area contributed by atoms with Crippen molar-refractivity contribution in [3.05, 3.63) is 22.8 Å². The Morgan fingerprint density at radius 2 is 1.61 bits per heavy atom. The Hall–Kier alpha value is -1.65. The second kappa shape index (κ2) is 5.33. The minimum absolute atomic E-state index is 0.0838. The highest BCUT2D eigenvalue weighted by Crippen LogP contribution is 2.34. The van der Waals surface area contributed by atoms with Crippen molar-refractivity contribution in [2.45, 2.75) is 27.2 Å². The van der Waals surface area contributed by atoms with Gasteiger partial charge in [0.25, 0.3) is 0 Å². The summed E-state index contributed by atoms with van der Waals surface area (Å²) in [6.45, 7) is 4.74. The van der Waals surface area contributed by atoms with Gasteiger partial charge in [0.1, 0.15) is 5.69 Å². The molecule has 1 N–H and O–H groups in total. The van der Waals surface area contributed by atoms with E-state index in [0.29, 0.717) is 0 Å². The van der Waals surface area contributed by atoms with Gasteiger partial charge in [-0.1, -0.05) is 6.92 Å². The molecule has 0 atom stereocenters. The van der Waals surface area contributed by atoms with Crippen LogP contribution in [0.2, 0.25) is 0 Å². The molecule has 100 valence electrons. The van der Waals surface area contributed by atoms with Gasteiger partial charge in [-0.15, -0.1) is 0 Å². The van der Waals surface area contributed by atoms with Crippen LogP contribution in [-0.2, 0) is 4.79 Å². The van der Waals surface area contributed by atoms with Crippen molar-refractivity contribution in [3.8, 4) is 0 Å². The van der Waals surface area contributed by atoms with Gasteiger partial charge >= 0.3 is 0 Å². The molecule has 0 aromatic heterocycles. The molecule has 0 saturated carbocycles. The lowest BCUT2D eigenvalue weighted by atomic mass is 10.0. The predicted molar refractivity (Wildman–Crippen MR) is 69.1 cm³/mol. The fraction of sp³-hybridized carbons (Fsp3) is 0.462. The van der Waals surface area contributed by atoms with Crippen LogP contribution in [0, 0.1) is 25.5 Å². The number of nitrogens with one attached hydrogen (secondary N) is 1. The molecule has 0 fully saturated rings. The van der Waals surface area contributed by atoms with Crippen molar-refractivity contribution < 1.29 is 13.6 Å². The highest BCUT2D eigenvalue weighted by molar-refractivity contribution is 5.92. The molecule has 0 aliphatic rings. The number of hydrogen-bond acceptors (Lipinski definition) is 2. The molecule has 0 bridgehead atoms. The zero-order valence-corrected chi connectivity index (χ0v) is 11.3. The second-order valence-corrected chi connectivity index (χ2v) is 4.40. The molecule has 0 saturated heterocycles. The number of anilines is 2. The van der Waals surface area contributed by atoms with Crippen molar-refractivity contribution in [2.24, 2.45) is 0 Å². The highest BCUT2D eigenvalue weighted by atomic mass is 19.1. The molecular weight excluding hydrogens is 238 g/mol. The number of rotatable bonds is 3. The molecule has 0 aliphatic carbocycles. The van der Waals surface area contributed by atoms with E-state index in [2.05, 4.69) is 5.32 Å². The van der Waals surface area contributed by atoms with E-state index in [1.54, 1.807) is 21.0 Å². The Balaban J connectivity index is 3.43. The number of amides is 1. The van der Waals surface area contributed by atoms with Gasteiger partial charge < -0.3 is 10.2 Å². The zero-order chi connectivity index (χ0) is 14.0. The average molecular weight is 256 g/mol. The van der Waals surface area contributed by atoms with Crippen LogP contribution >= 0.6 is 0 Å². The fourth-order valence-electron chi connectivity index (χ4n) is 1.76. The Morgan fingerprint density at radius 3 is 1.94 bits per heavy atom. The summed E-state index contributed by atoms with van der Waals surface area (Å²) in [7, 11) is 3.15. The Labute approximate surface area is 106 Å². The van der Waals surface area contributed by atoms with E-state index in [9.17, 15) is 13.6 Å². The number of halogens is 2. The number of hydrogen-bond donors (Lipinski definition) is 1. The van der Waals surface area contributed by atoms with Crippen molar-refractivity contribution in [1.29, 1.82) is 0 Å². The maximum atomic E-state index is 14.1. The standard InChI is InChI=1S/C13H18F2N2O/c1-6-9(18)16-12-7(2)10(14)13(17(4)5)11(15)8(12)3/h6H2,1-5H3,(H,16,18). The van der Waals surface area contributed by atoms with E-state index in [1.807, 2.05) is 0 Å². The van der Waals surface area contributed by atoms with E-state index in [1.165, 1.54) is 18.7 Å². The van der Waals surface area contributed by atoms with Gasteiger partial charge in [-0.25, -0.2) is 8.78 Å². The molecule has 1 aromatic rings. The van der Waals surface area contributed by atoms with Gasteiger partial charge in [-0.2, -0.15) is 0 Å². The number of benzene rings is 1. The predicted octanol–water partition coefficient (Wildman–Crippen LogP) is 3.00.